The number of nitrogens with one attached hydrogen (secondary N) is 2. The topological polar surface area (TPSA) is 44.9 Å². The lowest BCUT2D eigenvalue weighted by molar-refractivity contribution is -0.121. The Labute approximate surface area is 196 Å². The molecule has 0 radical (unpaired) electrons. The third kappa shape index (κ3) is 4.82. The number of amides is 1. The number of carbonyl (C=O) groups is 1. The summed E-state index contributed by atoms with van der Waals surface area (Å²) >= 11 is 12.4. The van der Waals surface area contributed by atoms with E-state index in [-0.39, 0.29) is 24.1 Å². The highest BCUT2D eigenvalue weighted by molar-refractivity contribution is 6.42. The molecular weight excluding hydrogens is 446 g/mol. The summed E-state index contributed by atoms with van der Waals surface area (Å²) in [6, 6.07) is 17.8. The van der Waals surface area contributed by atoms with Gasteiger partial charge in [-0.1, -0.05) is 66.5 Å². The van der Waals surface area contributed by atoms with Crippen molar-refractivity contribution in [2.24, 2.45) is 0 Å². The molecule has 3 nitrogen and oxygen atoms in total. The van der Waals surface area contributed by atoms with Crippen molar-refractivity contribution >= 4 is 40.0 Å². The maximum Gasteiger partial charge on any atom is 0.221 e. The van der Waals surface area contributed by atoms with Gasteiger partial charge in [-0.05, 0) is 52.9 Å². The van der Waals surface area contributed by atoms with E-state index >= 15 is 0 Å². The molecule has 1 atom stereocenters. The third-order valence-electron chi connectivity index (χ3n) is 5.73. The molecule has 0 aliphatic rings. The molecule has 164 valence electrons. The predicted molar refractivity (Wildman–Crippen MR) is 129 cm³/mol. The summed E-state index contributed by atoms with van der Waals surface area (Å²) in [5.41, 5.74) is 5.10. The van der Waals surface area contributed by atoms with Crippen LogP contribution in [0.4, 0.5) is 4.39 Å². The van der Waals surface area contributed by atoms with Gasteiger partial charge in [0.1, 0.15) is 5.82 Å². The molecule has 2 N–H and O–H groups in total. The van der Waals surface area contributed by atoms with Gasteiger partial charge in [0.2, 0.25) is 5.91 Å². The summed E-state index contributed by atoms with van der Waals surface area (Å²) in [4.78, 5) is 16.3. The molecule has 0 aliphatic heterocycles. The fourth-order valence-corrected chi connectivity index (χ4v) is 4.33. The summed E-state index contributed by atoms with van der Waals surface area (Å²) < 4.78 is 13.1. The van der Waals surface area contributed by atoms with Crippen molar-refractivity contribution in [2.75, 3.05) is 0 Å². The van der Waals surface area contributed by atoms with Gasteiger partial charge in [-0.3, -0.25) is 4.79 Å². The Bertz CT molecular complexity index is 1250. The van der Waals surface area contributed by atoms with E-state index in [1.165, 1.54) is 17.7 Å². The highest BCUT2D eigenvalue weighted by Crippen LogP contribution is 2.36. The van der Waals surface area contributed by atoms with Gasteiger partial charge in [0.15, 0.2) is 0 Å². The summed E-state index contributed by atoms with van der Waals surface area (Å²) in [5.74, 6) is -0.615. The van der Waals surface area contributed by atoms with Crippen LogP contribution in [0.1, 0.15) is 41.5 Å². The first-order chi connectivity index (χ1) is 15.5. The number of rotatable bonds is 7. The second kappa shape index (κ2) is 9.76. The fourth-order valence-electron chi connectivity index (χ4n) is 4.02. The van der Waals surface area contributed by atoms with Crippen LogP contribution in [0, 0.1) is 5.82 Å². The summed E-state index contributed by atoms with van der Waals surface area (Å²) in [5, 5.41) is 4.96. The zero-order valence-electron chi connectivity index (χ0n) is 17.6. The molecular formula is C26H23Cl2FN2O. The lowest BCUT2D eigenvalue weighted by Crippen LogP contribution is -2.25. The number of aromatic nitrogens is 1. The minimum atomic E-state index is -0.300. The maximum absolute atomic E-state index is 13.1. The Morgan fingerprint density at radius 1 is 1.06 bits per heavy atom. The van der Waals surface area contributed by atoms with Crippen LogP contribution < -0.4 is 5.32 Å². The molecule has 0 fully saturated rings. The first-order valence-electron chi connectivity index (χ1n) is 10.5. The third-order valence-corrected chi connectivity index (χ3v) is 6.47. The van der Waals surface area contributed by atoms with E-state index in [9.17, 15) is 9.18 Å². The predicted octanol–water partition coefficient (Wildman–Crippen LogP) is 7.01. The van der Waals surface area contributed by atoms with Crippen LogP contribution in [0.3, 0.4) is 0 Å². The Morgan fingerprint density at radius 2 is 1.84 bits per heavy atom. The number of fused-ring (bicyclic) bond motifs is 1. The Hall–Kier alpha value is -2.82. The number of aromatic amines is 1. The van der Waals surface area contributed by atoms with Crippen LogP contribution in [0.2, 0.25) is 10.0 Å². The molecule has 6 heteroatoms. The number of aryl methyl sites for hydroxylation is 1. The summed E-state index contributed by atoms with van der Waals surface area (Å²) in [7, 11) is 0. The average Bonchev–Trinajstić information content (AvgIpc) is 3.23. The number of para-hydroxylation sites is 1. The van der Waals surface area contributed by atoms with Gasteiger partial charge < -0.3 is 10.3 Å². The number of hydrogen-bond donors (Lipinski definition) is 2. The number of carbonyl (C=O) groups excluding carboxylic acids is 1. The lowest BCUT2D eigenvalue weighted by atomic mass is 9.87. The van der Waals surface area contributed by atoms with E-state index in [4.69, 9.17) is 23.2 Å². The van der Waals surface area contributed by atoms with Crippen LogP contribution >= 0.6 is 23.2 Å². The molecule has 0 saturated carbocycles. The van der Waals surface area contributed by atoms with Crippen LogP contribution in [0.25, 0.3) is 10.9 Å². The van der Waals surface area contributed by atoms with Crippen LogP contribution in [-0.2, 0) is 17.8 Å². The van der Waals surface area contributed by atoms with Crippen molar-refractivity contribution in [2.45, 2.75) is 32.2 Å². The normalized spacial score (nSPS) is 12.1. The number of H-pyrrole nitrogens is 1. The smallest absolute Gasteiger partial charge is 0.221 e. The maximum atomic E-state index is 13.1. The molecule has 4 aromatic rings. The van der Waals surface area contributed by atoms with E-state index < -0.39 is 0 Å². The van der Waals surface area contributed by atoms with Crippen LogP contribution in [0.5, 0.6) is 0 Å². The van der Waals surface area contributed by atoms with E-state index in [0.29, 0.717) is 16.6 Å². The molecule has 1 heterocycles. The van der Waals surface area contributed by atoms with Crippen molar-refractivity contribution in [1.29, 1.82) is 0 Å². The molecule has 0 aliphatic carbocycles. The molecule has 0 bridgehead atoms. The lowest BCUT2D eigenvalue weighted by Gasteiger charge is -2.18. The van der Waals surface area contributed by atoms with Crippen molar-refractivity contribution in [3.05, 3.63) is 105 Å². The monoisotopic (exact) mass is 468 g/mol. The number of halogens is 3. The van der Waals surface area contributed by atoms with E-state index in [1.807, 2.05) is 24.4 Å². The SMILES string of the molecule is CCc1cccc2c(C(CC(=O)NCc3ccc(F)cc3)c3ccc(Cl)c(Cl)c3)c[nH]c12. The standard InChI is InChI=1S/C26H23Cl2FN2O/c1-2-17-4-3-5-20-22(15-31-26(17)20)21(18-8-11-23(27)24(28)12-18)13-25(32)30-14-16-6-9-19(29)10-7-16/h3-12,15,21,31H,2,13-14H2,1H3,(H,30,32). The van der Waals surface area contributed by atoms with E-state index in [1.54, 1.807) is 18.2 Å². The Kier molecular flexibility index (Phi) is 6.83. The Morgan fingerprint density at radius 3 is 2.56 bits per heavy atom. The average molecular weight is 469 g/mol. The number of benzene rings is 3. The second-order valence-electron chi connectivity index (χ2n) is 7.77. The molecule has 4 rings (SSSR count). The minimum absolute atomic E-state index is 0.105. The van der Waals surface area contributed by atoms with Gasteiger partial charge in [0.25, 0.3) is 0 Å². The van der Waals surface area contributed by atoms with Gasteiger partial charge in [0.05, 0.1) is 10.0 Å². The quantitative estimate of drug-likeness (QED) is 0.300. The van der Waals surface area contributed by atoms with E-state index in [0.717, 1.165) is 34.0 Å². The van der Waals surface area contributed by atoms with Crippen molar-refractivity contribution in [1.82, 2.24) is 10.3 Å². The van der Waals surface area contributed by atoms with Gasteiger partial charge >= 0.3 is 0 Å². The molecule has 3 aromatic carbocycles. The largest absolute Gasteiger partial charge is 0.361 e. The number of hydrogen-bond acceptors (Lipinski definition) is 1. The molecule has 0 saturated heterocycles. The minimum Gasteiger partial charge on any atom is -0.361 e. The van der Waals surface area contributed by atoms with Crippen molar-refractivity contribution < 1.29 is 9.18 Å². The van der Waals surface area contributed by atoms with Crippen LogP contribution in [-0.4, -0.2) is 10.9 Å². The highest BCUT2D eigenvalue weighted by Gasteiger charge is 2.23. The summed E-state index contributed by atoms with van der Waals surface area (Å²) in [6.45, 7) is 2.45. The van der Waals surface area contributed by atoms with Crippen LogP contribution in [0.15, 0.2) is 66.9 Å². The zero-order chi connectivity index (χ0) is 22.7. The highest BCUT2D eigenvalue weighted by atomic mass is 35.5. The molecule has 32 heavy (non-hydrogen) atoms. The second-order valence-corrected chi connectivity index (χ2v) is 8.59. The molecule has 0 spiro atoms. The van der Waals surface area contributed by atoms with Crippen molar-refractivity contribution in [3.63, 3.8) is 0 Å². The van der Waals surface area contributed by atoms with Crippen molar-refractivity contribution in [3.8, 4) is 0 Å². The zero-order valence-corrected chi connectivity index (χ0v) is 19.1. The van der Waals surface area contributed by atoms with Gasteiger partial charge in [-0.25, -0.2) is 4.39 Å². The molecule has 1 unspecified atom stereocenters. The first kappa shape index (κ1) is 22.4. The Balaban J connectivity index is 1.64. The summed E-state index contributed by atoms with van der Waals surface area (Å²) in [6.07, 6.45) is 3.12. The van der Waals surface area contributed by atoms with Gasteiger partial charge in [0, 0.05) is 36.0 Å². The van der Waals surface area contributed by atoms with Gasteiger partial charge in [-0.15, -0.1) is 0 Å². The van der Waals surface area contributed by atoms with Gasteiger partial charge in [-0.2, -0.15) is 0 Å². The first-order valence-corrected chi connectivity index (χ1v) is 11.3. The molecule has 1 amide bonds. The fraction of sp³-hybridized carbons (Fsp3) is 0.192. The molecule has 1 aromatic heterocycles. The van der Waals surface area contributed by atoms with E-state index in [2.05, 4.69) is 29.4 Å².